The van der Waals surface area contributed by atoms with Crippen LogP contribution in [0.25, 0.3) is 0 Å². The van der Waals surface area contributed by atoms with Crippen LogP contribution < -0.4 is 10.2 Å². The van der Waals surface area contributed by atoms with Crippen LogP contribution in [0, 0.1) is 5.92 Å². The van der Waals surface area contributed by atoms with E-state index < -0.39 is 0 Å². The minimum Gasteiger partial charge on any atom is -0.376 e. The molecule has 0 amide bonds. The van der Waals surface area contributed by atoms with Crippen LogP contribution in [0.1, 0.15) is 51.1 Å². The molecule has 0 radical (unpaired) electrons. The number of rotatable bonds is 5. The maximum Gasteiger partial charge on any atom is 0.227 e. The second-order valence-electron chi connectivity index (χ2n) is 8.01. The van der Waals surface area contributed by atoms with Gasteiger partial charge in [0.1, 0.15) is 5.82 Å². The second kappa shape index (κ2) is 7.84. The summed E-state index contributed by atoms with van der Waals surface area (Å²) in [7, 11) is 1.96. The van der Waals surface area contributed by atoms with Crippen molar-refractivity contribution in [2.24, 2.45) is 13.0 Å². The molecule has 0 aromatic carbocycles. The average Bonchev–Trinajstić information content (AvgIpc) is 3.31. The molecule has 7 nitrogen and oxygen atoms in total. The van der Waals surface area contributed by atoms with E-state index in [4.69, 9.17) is 9.72 Å². The first-order valence-corrected chi connectivity index (χ1v) is 10.1. The Morgan fingerprint density at radius 3 is 2.93 bits per heavy atom. The van der Waals surface area contributed by atoms with E-state index in [1.165, 1.54) is 5.56 Å². The van der Waals surface area contributed by atoms with Crippen molar-refractivity contribution in [1.82, 2.24) is 19.7 Å². The summed E-state index contributed by atoms with van der Waals surface area (Å²) >= 11 is 0. The molecule has 2 aliphatic rings. The van der Waals surface area contributed by atoms with Gasteiger partial charge in [-0.2, -0.15) is 10.1 Å². The van der Waals surface area contributed by atoms with Crippen LogP contribution in [-0.4, -0.2) is 45.0 Å². The van der Waals surface area contributed by atoms with Crippen LogP contribution in [0.5, 0.6) is 0 Å². The summed E-state index contributed by atoms with van der Waals surface area (Å²) in [5, 5.41) is 7.95. The third kappa shape index (κ3) is 3.93. The molecule has 7 heteroatoms. The van der Waals surface area contributed by atoms with Gasteiger partial charge in [0.15, 0.2) is 0 Å². The molecule has 0 unspecified atom stereocenters. The summed E-state index contributed by atoms with van der Waals surface area (Å²) in [5.41, 5.74) is 1.23. The lowest BCUT2D eigenvalue weighted by molar-refractivity contribution is -0.0203. The van der Waals surface area contributed by atoms with Crippen molar-refractivity contribution in [2.45, 2.75) is 57.7 Å². The van der Waals surface area contributed by atoms with Crippen molar-refractivity contribution >= 4 is 11.8 Å². The van der Waals surface area contributed by atoms with E-state index in [1.807, 2.05) is 30.2 Å². The van der Waals surface area contributed by atoms with Crippen molar-refractivity contribution in [3.63, 3.8) is 0 Å². The molecule has 146 valence electrons. The molecule has 2 aromatic rings. The molecule has 2 aromatic heterocycles. The summed E-state index contributed by atoms with van der Waals surface area (Å²) in [5.74, 6) is 2.17. The van der Waals surface area contributed by atoms with Crippen LogP contribution in [0.3, 0.4) is 0 Å². The van der Waals surface area contributed by atoms with E-state index in [0.29, 0.717) is 18.0 Å². The molecule has 2 saturated heterocycles. The number of aromatic nitrogens is 4. The lowest BCUT2D eigenvalue weighted by Crippen LogP contribution is -2.43. The third-order valence-electron chi connectivity index (χ3n) is 5.62. The molecule has 2 aliphatic heterocycles. The van der Waals surface area contributed by atoms with Gasteiger partial charge in [-0.25, -0.2) is 4.98 Å². The van der Waals surface area contributed by atoms with Gasteiger partial charge in [-0.15, -0.1) is 0 Å². The number of hydrogen-bond acceptors (Lipinski definition) is 6. The number of nitrogens with zero attached hydrogens (tertiary/aromatic N) is 5. The molecule has 4 rings (SSSR count). The Morgan fingerprint density at radius 2 is 2.15 bits per heavy atom. The molecule has 0 saturated carbocycles. The normalized spacial score (nSPS) is 25.9. The predicted molar refractivity (Wildman–Crippen MR) is 106 cm³/mol. The Kier molecular flexibility index (Phi) is 5.29. The molecule has 4 heterocycles. The van der Waals surface area contributed by atoms with E-state index in [0.717, 1.165) is 50.6 Å². The molecule has 3 atom stereocenters. The van der Waals surface area contributed by atoms with Gasteiger partial charge in [-0.1, -0.05) is 13.8 Å². The van der Waals surface area contributed by atoms with Crippen LogP contribution >= 0.6 is 0 Å². The van der Waals surface area contributed by atoms with Crippen molar-refractivity contribution in [3.8, 4) is 0 Å². The topological polar surface area (TPSA) is 68.1 Å². The van der Waals surface area contributed by atoms with Crippen LogP contribution in [0.15, 0.2) is 24.7 Å². The molecule has 0 aliphatic carbocycles. The maximum absolute atomic E-state index is 6.01. The van der Waals surface area contributed by atoms with Gasteiger partial charge in [0, 0.05) is 38.2 Å². The van der Waals surface area contributed by atoms with Crippen molar-refractivity contribution in [2.75, 3.05) is 23.4 Å². The second-order valence-corrected chi connectivity index (χ2v) is 8.01. The fourth-order valence-electron chi connectivity index (χ4n) is 4.34. The SMILES string of the molecule is CC(C)[C@@H]1OCCC[C@@H]1Nc1ccnc(N2CCC[C@H]2c2cnn(C)c2)n1. The largest absolute Gasteiger partial charge is 0.376 e. The average molecular weight is 371 g/mol. The molecule has 0 bridgehead atoms. The summed E-state index contributed by atoms with van der Waals surface area (Å²) in [6.07, 6.45) is 10.6. The Labute approximate surface area is 161 Å². The molecule has 27 heavy (non-hydrogen) atoms. The quantitative estimate of drug-likeness (QED) is 0.872. The highest BCUT2D eigenvalue weighted by molar-refractivity contribution is 5.45. The van der Waals surface area contributed by atoms with Crippen LogP contribution in [-0.2, 0) is 11.8 Å². The molecule has 1 N–H and O–H groups in total. The Hall–Kier alpha value is -2.15. The number of anilines is 2. The zero-order valence-corrected chi connectivity index (χ0v) is 16.5. The van der Waals surface area contributed by atoms with Crippen molar-refractivity contribution in [3.05, 3.63) is 30.2 Å². The van der Waals surface area contributed by atoms with E-state index in [-0.39, 0.29) is 6.10 Å². The summed E-state index contributed by atoms with van der Waals surface area (Å²) in [4.78, 5) is 11.7. The highest BCUT2D eigenvalue weighted by Gasteiger charge is 2.31. The number of ether oxygens (including phenoxy) is 1. The number of aryl methyl sites for hydroxylation is 1. The number of nitrogens with one attached hydrogen (secondary N) is 1. The van der Waals surface area contributed by atoms with Gasteiger partial charge in [-0.3, -0.25) is 4.68 Å². The van der Waals surface area contributed by atoms with E-state index in [1.54, 1.807) is 0 Å². The molecule has 2 fully saturated rings. The van der Waals surface area contributed by atoms with Crippen molar-refractivity contribution in [1.29, 1.82) is 0 Å². The first kappa shape index (κ1) is 18.2. The third-order valence-corrected chi connectivity index (χ3v) is 5.62. The standard InChI is InChI=1S/C20H30N6O/c1-14(2)19-16(6-5-11-27-19)23-18-8-9-21-20(24-18)26-10-4-7-17(26)15-12-22-25(3)13-15/h8-9,12-14,16-17,19H,4-7,10-11H2,1-3H3,(H,21,23,24)/t16-,17-,19-/m0/s1. The van der Waals surface area contributed by atoms with Gasteiger partial charge >= 0.3 is 0 Å². The Morgan fingerprint density at radius 1 is 1.26 bits per heavy atom. The van der Waals surface area contributed by atoms with E-state index >= 15 is 0 Å². The molecular weight excluding hydrogens is 340 g/mol. The lowest BCUT2D eigenvalue weighted by atomic mass is 9.94. The van der Waals surface area contributed by atoms with Gasteiger partial charge in [0.05, 0.1) is 24.4 Å². The molecular formula is C20H30N6O. The zero-order valence-electron chi connectivity index (χ0n) is 16.5. The monoisotopic (exact) mass is 370 g/mol. The van der Waals surface area contributed by atoms with Gasteiger partial charge in [0.25, 0.3) is 0 Å². The van der Waals surface area contributed by atoms with Crippen molar-refractivity contribution < 1.29 is 4.74 Å². The van der Waals surface area contributed by atoms with E-state index in [2.05, 4.69) is 40.3 Å². The minimum absolute atomic E-state index is 0.229. The van der Waals surface area contributed by atoms with E-state index in [9.17, 15) is 0 Å². The fourth-order valence-corrected chi connectivity index (χ4v) is 4.34. The Balaban J connectivity index is 1.52. The van der Waals surface area contributed by atoms with Gasteiger partial charge in [0.2, 0.25) is 5.95 Å². The minimum atomic E-state index is 0.229. The highest BCUT2D eigenvalue weighted by atomic mass is 16.5. The Bertz CT molecular complexity index is 760. The first-order chi connectivity index (χ1) is 13.1. The smallest absolute Gasteiger partial charge is 0.227 e. The summed E-state index contributed by atoms with van der Waals surface area (Å²) in [6, 6.07) is 2.56. The fraction of sp³-hybridized carbons (Fsp3) is 0.650. The van der Waals surface area contributed by atoms with Crippen LogP contribution in [0.4, 0.5) is 11.8 Å². The summed E-state index contributed by atoms with van der Waals surface area (Å²) in [6.45, 7) is 6.28. The van der Waals surface area contributed by atoms with Crippen LogP contribution in [0.2, 0.25) is 0 Å². The first-order valence-electron chi connectivity index (χ1n) is 10.1. The summed E-state index contributed by atoms with van der Waals surface area (Å²) < 4.78 is 7.87. The van der Waals surface area contributed by atoms with Gasteiger partial charge < -0.3 is 15.0 Å². The predicted octanol–water partition coefficient (Wildman–Crippen LogP) is 3.17. The number of hydrogen-bond donors (Lipinski definition) is 1. The van der Waals surface area contributed by atoms with Gasteiger partial charge in [-0.05, 0) is 37.7 Å². The highest BCUT2D eigenvalue weighted by Crippen LogP contribution is 2.34. The maximum atomic E-state index is 6.01. The zero-order chi connectivity index (χ0) is 18.8. The molecule has 0 spiro atoms. The lowest BCUT2D eigenvalue weighted by Gasteiger charge is -2.35.